The van der Waals surface area contributed by atoms with Gasteiger partial charge in [-0.3, -0.25) is 9.48 Å². The third-order valence-corrected chi connectivity index (χ3v) is 4.05. The second kappa shape index (κ2) is 7.59. The largest absolute Gasteiger partial charge is 0.490 e. The summed E-state index contributed by atoms with van der Waals surface area (Å²) in [6, 6.07) is 7.63. The molecule has 2 aromatic rings. The normalized spacial score (nSPS) is 13.6. The summed E-state index contributed by atoms with van der Waals surface area (Å²) in [6.45, 7) is 6.02. The molecule has 0 radical (unpaired) electrons. The third-order valence-electron chi connectivity index (χ3n) is 4.05. The first kappa shape index (κ1) is 17.3. The van der Waals surface area contributed by atoms with Gasteiger partial charge < -0.3 is 14.8 Å². The Labute approximate surface area is 148 Å². The number of carbonyl (C=O) groups excluding carboxylic acids is 1. The summed E-state index contributed by atoms with van der Waals surface area (Å²) in [7, 11) is 1.80. The van der Waals surface area contributed by atoms with Crippen LogP contribution >= 0.6 is 0 Å². The van der Waals surface area contributed by atoms with Gasteiger partial charge in [-0.15, -0.1) is 0 Å². The highest BCUT2D eigenvalue weighted by Gasteiger charge is 2.15. The highest BCUT2D eigenvalue weighted by Crippen LogP contribution is 2.30. The Kier molecular flexibility index (Phi) is 5.26. The van der Waals surface area contributed by atoms with Gasteiger partial charge in [0.15, 0.2) is 11.5 Å². The van der Waals surface area contributed by atoms with Crippen molar-refractivity contribution in [3.05, 3.63) is 41.2 Å². The average Bonchev–Trinajstić information content (AvgIpc) is 2.79. The number of amides is 1. The van der Waals surface area contributed by atoms with E-state index in [9.17, 15) is 4.79 Å². The van der Waals surface area contributed by atoms with Crippen molar-refractivity contribution in [3.63, 3.8) is 0 Å². The molecule has 0 fully saturated rings. The average molecular weight is 343 g/mol. The molecule has 0 atom stereocenters. The van der Waals surface area contributed by atoms with E-state index in [0.29, 0.717) is 31.4 Å². The molecule has 0 aliphatic carbocycles. The van der Waals surface area contributed by atoms with E-state index in [1.807, 2.05) is 24.3 Å². The maximum absolute atomic E-state index is 12.5. The van der Waals surface area contributed by atoms with Crippen molar-refractivity contribution in [1.82, 2.24) is 15.1 Å². The molecule has 6 nitrogen and oxygen atoms in total. The van der Waals surface area contributed by atoms with E-state index in [1.165, 1.54) is 0 Å². The Bertz CT molecular complexity index is 752. The number of hydrogen-bond donors (Lipinski definition) is 1. The molecule has 0 bridgehead atoms. The van der Waals surface area contributed by atoms with E-state index < -0.39 is 0 Å². The number of nitrogens with one attached hydrogen (secondary N) is 1. The number of fused-ring (bicyclic) bond motifs is 1. The van der Waals surface area contributed by atoms with Gasteiger partial charge in [-0.25, -0.2) is 0 Å². The van der Waals surface area contributed by atoms with Gasteiger partial charge in [0.1, 0.15) is 5.69 Å². The van der Waals surface area contributed by atoms with Crippen molar-refractivity contribution in [2.24, 2.45) is 13.0 Å². The van der Waals surface area contributed by atoms with E-state index in [2.05, 4.69) is 24.3 Å². The fourth-order valence-corrected chi connectivity index (χ4v) is 2.85. The zero-order chi connectivity index (χ0) is 17.8. The molecule has 1 aromatic carbocycles. The minimum absolute atomic E-state index is 0.128. The minimum atomic E-state index is -0.128. The summed E-state index contributed by atoms with van der Waals surface area (Å²) < 4.78 is 13.0. The van der Waals surface area contributed by atoms with Crippen LogP contribution < -0.4 is 14.8 Å². The summed E-state index contributed by atoms with van der Waals surface area (Å²) in [5.74, 6) is 1.88. The number of benzene rings is 1. The van der Waals surface area contributed by atoms with Crippen molar-refractivity contribution in [1.29, 1.82) is 0 Å². The van der Waals surface area contributed by atoms with Gasteiger partial charge in [0.2, 0.25) is 0 Å². The van der Waals surface area contributed by atoms with Gasteiger partial charge in [0.05, 0.1) is 18.9 Å². The van der Waals surface area contributed by atoms with Crippen molar-refractivity contribution in [2.75, 3.05) is 13.2 Å². The Morgan fingerprint density at radius 2 is 2.00 bits per heavy atom. The topological polar surface area (TPSA) is 65.4 Å². The number of rotatable bonds is 5. The monoisotopic (exact) mass is 343 g/mol. The molecule has 1 N–H and O–H groups in total. The predicted octanol–water partition coefficient (Wildman–Crippen LogP) is 2.71. The Morgan fingerprint density at radius 3 is 2.76 bits per heavy atom. The first-order chi connectivity index (χ1) is 12.0. The van der Waals surface area contributed by atoms with Gasteiger partial charge in [-0.2, -0.15) is 5.10 Å². The zero-order valence-corrected chi connectivity index (χ0v) is 15.0. The van der Waals surface area contributed by atoms with Crippen molar-refractivity contribution in [2.45, 2.75) is 33.2 Å². The zero-order valence-electron chi connectivity index (χ0n) is 15.0. The van der Waals surface area contributed by atoms with Crippen molar-refractivity contribution < 1.29 is 14.3 Å². The fraction of sp³-hybridized carbons (Fsp3) is 0.474. The fourth-order valence-electron chi connectivity index (χ4n) is 2.85. The van der Waals surface area contributed by atoms with E-state index in [4.69, 9.17) is 9.47 Å². The van der Waals surface area contributed by atoms with Crippen LogP contribution in [0.4, 0.5) is 0 Å². The lowest BCUT2D eigenvalue weighted by Gasteiger charge is -2.10. The lowest BCUT2D eigenvalue weighted by atomic mass is 10.1. The molecular formula is C19H25N3O3. The molecule has 0 saturated heterocycles. The first-order valence-electron chi connectivity index (χ1n) is 8.72. The van der Waals surface area contributed by atoms with Crippen LogP contribution in [0.1, 0.15) is 42.0 Å². The van der Waals surface area contributed by atoms with E-state index in [1.54, 1.807) is 11.7 Å². The summed E-state index contributed by atoms with van der Waals surface area (Å²) in [5.41, 5.74) is 2.49. The standard InChI is InChI=1S/C19H25N3O3/c1-13(2)9-15-11-16(22(3)21-15)19(23)20-12-14-5-6-17-18(10-14)25-8-4-7-24-17/h5-6,10-11,13H,4,7-9,12H2,1-3H3,(H,20,23). The van der Waals surface area contributed by atoms with Crippen molar-refractivity contribution in [3.8, 4) is 11.5 Å². The number of carbonyl (C=O) groups is 1. The van der Waals surface area contributed by atoms with Crippen LogP contribution in [0, 0.1) is 5.92 Å². The molecule has 0 spiro atoms. The molecule has 134 valence electrons. The second-order valence-electron chi connectivity index (χ2n) is 6.76. The maximum Gasteiger partial charge on any atom is 0.269 e. The summed E-state index contributed by atoms with van der Waals surface area (Å²) in [6.07, 6.45) is 1.74. The summed E-state index contributed by atoms with van der Waals surface area (Å²) in [4.78, 5) is 12.5. The molecule has 2 heterocycles. The van der Waals surface area contributed by atoms with Gasteiger partial charge >= 0.3 is 0 Å². The quantitative estimate of drug-likeness (QED) is 0.906. The second-order valence-corrected chi connectivity index (χ2v) is 6.76. The number of aromatic nitrogens is 2. The van der Waals surface area contributed by atoms with Gasteiger partial charge in [-0.1, -0.05) is 19.9 Å². The molecule has 6 heteroatoms. The molecule has 1 aliphatic heterocycles. The Balaban J connectivity index is 1.64. The molecule has 1 aliphatic rings. The third kappa shape index (κ3) is 4.32. The lowest BCUT2D eigenvalue weighted by Crippen LogP contribution is -2.25. The van der Waals surface area contributed by atoms with Gasteiger partial charge in [0, 0.05) is 20.0 Å². The van der Waals surface area contributed by atoms with Crippen LogP contribution in [0.25, 0.3) is 0 Å². The minimum Gasteiger partial charge on any atom is -0.490 e. The lowest BCUT2D eigenvalue weighted by molar-refractivity contribution is 0.0941. The number of aryl methyl sites for hydroxylation is 1. The molecule has 3 rings (SSSR count). The molecule has 25 heavy (non-hydrogen) atoms. The molecule has 0 unspecified atom stereocenters. The highest BCUT2D eigenvalue weighted by atomic mass is 16.5. The molecule has 1 amide bonds. The Hall–Kier alpha value is -2.50. The molecule has 0 saturated carbocycles. The summed E-state index contributed by atoms with van der Waals surface area (Å²) in [5, 5.41) is 7.36. The van der Waals surface area contributed by atoms with E-state index >= 15 is 0 Å². The van der Waals surface area contributed by atoms with Crippen LogP contribution in [0.5, 0.6) is 11.5 Å². The van der Waals surface area contributed by atoms with Gasteiger partial charge in [-0.05, 0) is 36.1 Å². The van der Waals surface area contributed by atoms with Crippen LogP contribution in [0.2, 0.25) is 0 Å². The Morgan fingerprint density at radius 1 is 1.24 bits per heavy atom. The van der Waals surface area contributed by atoms with Crippen molar-refractivity contribution >= 4 is 5.91 Å². The highest BCUT2D eigenvalue weighted by molar-refractivity contribution is 5.92. The predicted molar refractivity (Wildman–Crippen MR) is 95.0 cm³/mol. The van der Waals surface area contributed by atoms with Crippen LogP contribution in [-0.4, -0.2) is 28.9 Å². The van der Waals surface area contributed by atoms with Crippen LogP contribution in [-0.2, 0) is 20.0 Å². The molecular weight excluding hydrogens is 318 g/mol. The van der Waals surface area contributed by atoms with E-state index in [0.717, 1.165) is 35.6 Å². The first-order valence-corrected chi connectivity index (χ1v) is 8.72. The smallest absolute Gasteiger partial charge is 0.269 e. The van der Waals surface area contributed by atoms with E-state index in [-0.39, 0.29) is 5.91 Å². The number of nitrogens with zero attached hydrogens (tertiary/aromatic N) is 2. The SMILES string of the molecule is CC(C)Cc1cc(C(=O)NCc2ccc3c(c2)OCCCO3)n(C)n1. The van der Waals surface area contributed by atoms with Crippen LogP contribution in [0.15, 0.2) is 24.3 Å². The molecule has 1 aromatic heterocycles. The number of hydrogen-bond acceptors (Lipinski definition) is 4. The summed E-state index contributed by atoms with van der Waals surface area (Å²) >= 11 is 0. The number of ether oxygens (including phenoxy) is 2. The maximum atomic E-state index is 12.5. The van der Waals surface area contributed by atoms with Gasteiger partial charge in [0.25, 0.3) is 5.91 Å². The van der Waals surface area contributed by atoms with Crippen LogP contribution in [0.3, 0.4) is 0 Å².